The molecule has 1 aromatic rings. The first-order valence-electron chi connectivity index (χ1n) is 6.48. The highest BCUT2D eigenvalue weighted by atomic mass is 32.2. The summed E-state index contributed by atoms with van der Waals surface area (Å²) in [6.45, 7) is 2.13. The molecule has 1 heterocycles. The van der Waals surface area contributed by atoms with Gasteiger partial charge in [0, 0.05) is 24.1 Å². The number of hydrogen-bond donors (Lipinski definition) is 1. The minimum Gasteiger partial charge on any atom is -0.373 e. The lowest BCUT2D eigenvalue weighted by molar-refractivity contribution is 0.886. The molecule has 0 spiro atoms. The van der Waals surface area contributed by atoms with Crippen molar-refractivity contribution >= 4 is 17.6 Å². The third kappa shape index (κ3) is 3.60. The molecule has 17 heavy (non-hydrogen) atoms. The van der Waals surface area contributed by atoms with E-state index < -0.39 is 0 Å². The SMILES string of the molecule is CCc1cc(NC)nc(CSC2CCCC2)n1. The number of nitrogens with one attached hydrogen (secondary N) is 1. The van der Waals surface area contributed by atoms with Crippen LogP contribution in [0.3, 0.4) is 0 Å². The topological polar surface area (TPSA) is 37.8 Å². The number of anilines is 1. The van der Waals surface area contributed by atoms with Gasteiger partial charge in [0.05, 0.1) is 5.75 Å². The minimum atomic E-state index is 0.835. The molecular weight excluding hydrogens is 230 g/mol. The van der Waals surface area contributed by atoms with E-state index in [0.717, 1.165) is 34.8 Å². The van der Waals surface area contributed by atoms with Crippen LogP contribution >= 0.6 is 11.8 Å². The molecule has 1 saturated carbocycles. The quantitative estimate of drug-likeness (QED) is 0.871. The van der Waals surface area contributed by atoms with Crippen LogP contribution in [0.25, 0.3) is 0 Å². The number of thioether (sulfide) groups is 1. The maximum atomic E-state index is 4.59. The van der Waals surface area contributed by atoms with Crippen molar-refractivity contribution in [1.29, 1.82) is 0 Å². The smallest absolute Gasteiger partial charge is 0.140 e. The van der Waals surface area contributed by atoms with Gasteiger partial charge in [0.1, 0.15) is 11.6 Å². The van der Waals surface area contributed by atoms with E-state index in [2.05, 4.69) is 22.2 Å². The van der Waals surface area contributed by atoms with Crippen molar-refractivity contribution in [1.82, 2.24) is 9.97 Å². The van der Waals surface area contributed by atoms with Crippen molar-refractivity contribution in [3.63, 3.8) is 0 Å². The second-order valence-corrected chi connectivity index (χ2v) is 5.77. The van der Waals surface area contributed by atoms with Crippen LogP contribution < -0.4 is 5.32 Å². The summed E-state index contributed by atoms with van der Waals surface area (Å²) in [5.74, 6) is 2.87. The van der Waals surface area contributed by atoms with Gasteiger partial charge in [-0.2, -0.15) is 11.8 Å². The highest BCUT2D eigenvalue weighted by Gasteiger charge is 2.16. The zero-order chi connectivity index (χ0) is 12.1. The van der Waals surface area contributed by atoms with E-state index in [9.17, 15) is 0 Å². The van der Waals surface area contributed by atoms with Gasteiger partial charge in [0.15, 0.2) is 0 Å². The average Bonchev–Trinajstić information content (AvgIpc) is 2.89. The molecule has 0 unspecified atom stereocenters. The summed E-state index contributed by atoms with van der Waals surface area (Å²) in [5, 5.41) is 3.94. The Kier molecular flexibility index (Phi) is 4.66. The molecule has 0 atom stereocenters. The third-order valence-corrected chi connectivity index (χ3v) is 4.56. The number of rotatable bonds is 5. The lowest BCUT2D eigenvalue weighted by atomic mass is 10.3. The van der Waals surface area contributed by atoms with Gasteiger partial charge in [0.2, 0.25) is 0 Å². The zero-order valence-corrected chi connectivity index (χ0v) is 11.5. The van der Waals surface area contributed by atoms with Crippen molar-refractivity contribution in [2.24, 2.45) is 0 Å². The predicted octanol–water partition coefficient (Wildman–Crippen LogP) is 3.26. The van der Waals surface area contributed by atoms with Crippen LogP contribution in [0.2, 0.25) is 0 Å². The highest BCUT2D eigenvalue weighted by molar-refractivity contribution is 7.99. The van der Waals surface area contributed by atoms with Crippen molar-refractivity contribution in [2.45, 2.75) is 50.0 Å². The lowest BCUT2D eigenvalue weighted by Gasteiger charge is -2.09. The number of hydrogen-bond acceptors (Lipinski definition) is 4. The summed E-state index contributed by atoms with van der Waals surface area (Å²) in [6.07, 6.45) is 6.51. The first-order valence-corrected chi connectivity index (χ1v) is 7.53. The van der Waals surface area contributed by atoms with E-state index in [-0.39, 0.29) is 0 Å². The summed E-state index contributed by atoms with van der Waals surface area (Å²) in [7, 11) is 1.91. The molecule has 0 aromatic carbocycles. The first kappa shape index (κ1) is 12.7. The minimum absolute atomic E-state index is 0.835. The molecule has 1 fully saturated rings. The fourth-order valence-corrected chi connectivity index (χ4v) is 3.35. The lowest BCUT2D eigenvalue weighted by Crippen LogP contribution is -2.04. The molecule has 0 saturated heterocycles. The molecule has 1 aromatic heterocycles. The fraction of sp³-hybridized carbons (Fsp3) is 0.692. The van der Waals surface area contributed by atoms with Crippen LogP contribution in [0.4, 0.5) is 5.82 Å². The Hall–Kier alpha value is -0.770. The summed E-state index contributed by atoms with van der Waals surface area (Å²) < 4.78 is 0. The molecular formula is C13H21N3S. The van der Waals surface area contributed by atoms with Gasteiger partial charge >= 0.3 is 0 Å². The monoisotopic (exact) mass is 251 g/mol. The van der Waals surface area contributed by atoms with Gasteiger partial charge in [-0.1, -0.05) is 19.8 Å². The van der Waals surface area contributed by atoms with Crippen molar-refractivity contribution < 1.29 is 0 Å². The van der Waals surface area contributed by atoms with Crippen molar-refractivity contribution in [3.8, 4) is 0 Å². The largest absolute Gasteiger partial charge is 0.373 e. The summed E-state index contributed by atoms with van der Waals surface area (Å²) in [4.78, 5) is 9.11. The van der Waals surface area contributed by atoms with Crippen LogP contribution in [0.5, 0.6) is 0 Å². The fourth-order valence-electron chi connectivity index (χ4n) is 2.17. The van der Waals surface area contributed by atoms with Gasteiger partial charge in [-0.3, -0.25) is 0 Å². The van der Waals surface area contributed by atoms with Gasteiger partial charge in [-0.25, -0.2) is 9.97 Å². The van der Waals surface area contributed by atoms with Crippen molar-refractivity contribution in [2.75, 3.05) is 12.4 Å². The van der Waals surface area contributed by atoms with Crippen LogP contribution in [0.1, 0.15) is 44.1 Å². The second-order valence-electron chi connectivity index (χ2n) is 4.48. The standard InChI is InChI=1S/C13H21N3S/c1-3-10-8-12(14-2)16-13(15-10)9-17-11-6-4-5-7-11/h8,11H,3-7,9H2,1-2H3,(H,14,15,16). The number of aryl methyl sites for hydroxylation is 1. The molecule has 2 rings (SSSR count). The molecule has 1 N–H and O–H groups in total. The molecule has 94 valence electrons. The highest BCUT2D eigenvalue weighted by Crippen LogP contribution is 2.31. The first-order chi connectivity index (χ1) is 8.31. The third-order valence-electron chi connectivity index (χ3n) is 3.19. The van der Waals surface area contributed by atoms with Gasteiger partial charge < -0.3 is 5.32 Å². The summed E-state index contributed by atoms with van der Waals surface area (Å²) >= 11 is 2.02. The molecule has 3 nitrogen and oxygen atoms in total. The van der Waals surface area contributed by atoms with Crippen LogP contribution in [0.15, 0.2) is 6.07 Å². The van der Waals surface area contributed by atoms with Gasteiger partial charge in [-0.05, 0) is 19.3 Å². The molecule has 0 aliphatic heterocycles. The van der Waals surface area contributed by atoms with Crippen molar-refractivity contribution in [3.05, 3.63) is 17.6 Å². The molecule has 1 aliphatic carbocycles. The maximum Gasteiger partial charge on any atom is 0.140 e. The van der Waals surface area contributed by atoms with Crippen LogP contribution in [-0.2, 0) is 12.2 Å². The molecule has 1 aliphatic rings. The number of nitrogens with zero attached hydrogens (tertiary/aromatic N) is 2. The Morgan fingerprint density at radius 2 is 2.12 bits per heavy atom. The summed E-state index contributed by atoms with van der Waals surface area (Å²) in [5.41, 5.74) is 1.13. The maximum absolute atomic E-state index is 4.59. The Bertz CT molecular complexity index is 339. The normalized spacial score (nSPS) is 16.4. The Morgan fingerprint density at radius 1 is 1.35 bits per heavy atom. The van der Waals surface area contributed by atoms with E-state index >= 15 is 0 Å². The van der Waals surface area contributed by atoms with Crippen LogP contribution in [0, 0.1) is 0 Å². The van der Waals surface area contributed by atoms with E-state index in [4.69, 9.17) is 0 Å². The van der Waals surface area contributed by atoms with E-state index in [1.54, 1.807) is 0 Å². The van der Waals surface area contributed by atoms with E-state index in [0.29, 0.717) is 0 Å². The van der Waals surface area contributed by atoms with Crippen LogP contribution in [-0.4, -0.2) is 22.3 Å². The van der Waals surface area contributed by atoms with Gasteiger partial charge in [0.25, 0.3) is 0 Å². The Labute approximate surface area is 108 Å². The zero-order valence-electron chi connectivity index (χ0n) is 10.7. The van der Waals surface area contributed by atoms with E-state index in [1.165, 1.54) is 25.7 Å². The predicted molar refractivity (Wildman–Crippen MR) is 74.5 cm³/mol. The summed E-state index contributed by atoms with van der Waals surface area (Å²) in [6, 6.07) is 2.03. The molecule has 0 amide bonds. The Morgan fingerprint density at radius 3 is 2.76 bits per heavy atom. The molecule has 0 bridgehead atoms. The van der Waals surface area contributed by atoms with Gasteiger partial charge in [-0.15, -0.1) is 0 Å². The van der Waals surface area contributed by atoms with E-state index in [1.807, 2.05) is 24.9 Å². The average molecular weight is 251 g/mol. The molecule has 4 heteroatoms. The molecule has 0 radical (unpaired) electrons. The second kappa shape index (κ2) is 6.24. The Balaban J connectivity index is 1.98. The number of aromatic nitrogens is 2.